The average molecular weight is 470 g/mol. The molecule has 172 valence electrons. The second kappa shape index (κ2) is 8.97. The summed E-state index contributed by atoms with van der Waals surface area (Å²) in [5.74, 6) is -3.44. The summed E-state index contributed by atoms with van der Waals surface area (Å²) < 4.78 is 0. The van der Waals surface area contributed by atoms with Gasteiger partial charge < -0.3 is 15.1 Å². The van der Waals surface area contributed by atoms with Gasteiger partial charge in [-0.2, -0.15) is 0 Å². The van der Waals surface area contributed by atoms with Gasteiger partial charge in [0.25, 0.3) is 5.91 Å². The number of benzene rings is 2. The predicted octanol–water partition coefficient (Wildman–Crippen LogP) is 3.14. The number of para-hydroxylation sites is 1. The van der Waals surface area contributed by atoms with Crippen LogP contribution in [0, 0.1) is 5.92 Å². The lowest BCUT2D eigenvalue weighted by Crippen LogP contribution is -2.57. The molecule has 1 fully saturated rings. The van der Waals surface area contributed by atoms with E-state index in [4.69, 9.17) is 11.6 Å². The van der Waals surface area contributed by atoms with E-state index in [0.717, 1.165) is 6.08 Å². The van der Waals surface area contributed by atoms with Crippen LogP contribution in [-0.4, -0.2) is 53.1 Å². The highest BCUT2D eigenvalue weighted by atomic mass is 35.5. The van der Waals surface area contributed by atoms with Crippen molar-refractivity contribution in [1.82, 2.24) is 10.3 Å². The van der Waals surface area contributed by atoms with Gasteiger partial charge in [-0.25, -0.2) is 20.0 Å². The number of carbonyl (C=O) groups is 3. The lowest BCUT2D eigenvalue weighted by atomic mass is 9.69. The molecule has 1 atom stereocenters. The van der Waals surface area contributed by atoms with E-state index >= 15 is 0 Å². The fraction of sp³-hybridized carbons (Fsp3) is 0.292. The Morgan fingerprint density at radius 2 is 1.70 bits per heavy atom. The Morgan fingerprint density at radius 3 is 2.33 bits per heavy atom. The highest BCUT2D eigenvalue weighted by molar-refractivity contribution is 6.34. The molecule has 1 unspecified atom stereocenters. The van der Waals surface area contributed by atoms with Crippen molar-refractivity contribution in [2.45, 2.75) is 18.4 Å². The molecule has 4 rings (SSSR count). The zero-order chi connectivity index (χ0) is 23.8. The van der Waals surface area contributed by atoms with Gasteiger partial charge in [-0.3, -0.25) is 4.79 Å². The van der Waals surface area contributed by atoms with Gasteiger partial charge in [0, 0.05) is 11.6 Å². The van der Waals surface area contributed by atoms with Gasteiger partial charge in [0.05, 0.1) is 27.4 Å². The van der Waals surface area contributed by atoms with Crippen molar-refractivity contribution in [3.05, 3.63) is 76.3 Å². The molecule has 0 aromatic heterocycles. The first-order valence-corrected chi connectivity index (χ1v) is 11.0. The van der Waals surface area contributed by atoms with Crippen molar-refractivity contribution in [1.29, 1.82) is 0 Å². The zero-order valence-electron chi connectivity index (χ0n) is 18.0. The maximum absolute atomic E-state index is 13.6. The van der Waals surface area contributed by atoms with Crippen LogP contribution >= 0.6 is 11.6 Å². The van der Waals surface area contributed by atoms with Crippen LogP contribution in [0.5, 0.6) is 0 Å². The summed E-state index contributed by atoms with van der Waals surface area (Å²) in [4.78, 5) is 39.8. The number of fused-ring (bicyclic) bond motifs is 1. The molecule has 0 bridgehead atoms. The lowest BCUT2D eigenvalue weighted by Gasteiger charge is -2.43. The van der Waals surface area contributed by atoms with Crippen molar-refractivity contribution < 1.29 is 24.6 Å². The molecule has 9 heteroatoms. The number of nitrogens with zero attached hydrogens (tertiary/aromatic N) is 2. The second-order valence-electron chi connectivity index (χ2n) is 8.34. The van der Waals surface area contributed by atoms with E-state index in [1.165, 1.54) is 5.01 Å². The monoisotopic (exact) mass is 469 g/mol. The third-order valence-electron chi connectivity index (χ3n) is 6.42. The van der Waals surface area contributed by atoms with Crippen molar-refractivity contribution in [3.63, 3.8) is 0 Å². The highest BCUT2D eigenvalue weighted by Gasteiger charge is 2.54. The molecule has 2 aliphatic rings. The molecule has 2 aromatic rings. The van der Waals surface area contributed by atoms with Gasteiger partial charge in [0.2, 0.25) is 0 Å². The molecule has 1 saturated heterocycles. The van der Waals surface area contributed by atoms with Crippen LogP contribution in [0.4, 0.5) is 5.69 Å². The van der Waals surface area contributed by atoms with E-state index in [2.05, 4.69) is 10.3 Å². The minimum Gasteiger partial charge on any atom is -0.478 e. The van der Waals surface area contributed by atoms with Gasteiger partial charge in [-0.1, -0.05) is 41.9 Å². The van der Waals surface area contributed by atoms with Crippen LogP contribution in [0.15, 0.2) is 60.2 Å². The number of aliphatic carboxylic acids is 2. The molecule has 33 heavy (non-hydrogen) atoms. The van der Waals surface area contributed by atoms with E-state index < -0.39 is 23.4 Å². The number of amides is 1. The third-order valence-corrected chi connectivity index (χ3v) is 6.75. The number of rotatable bonds is 5. The first kappa shape index (κ1) is 23.0. The summed E-state index contributed by atoms with van der Waals surface area (Å²) in [6.45, 7) is 1.43. The smallest absolute Gasteiger partial charge is 0.334 e. The number of carboxylic acids is 2. The molecule has 0 spiro atoms. The zero-order valence-corrected chi connectivity index (χ0v) is 18.7. The van der Waals surface area contributed by atoms with Gasteiger partial charge >= 0.3 is 11.9 Å². The second-order valence-corrected chi connectivity index (χ2v) is 8.74. The van der Waals surface area contributed by atoms with Crippen LogP contribution in [-0.2, 0) is 15.1 Å². The van der Waals surface area contributed by atoms with Gasteiger partial charge in [0.1, 0.15) is 0 Å². The summed E-state index contributed by atoms with van der Waals surface area (Å²) in [6.07, 6.45) is 1.97. The van der Waals surface area contributed by atoms with Crippen molar-refractivity contribution in [3.8, 4) is 0 Å². The summed E-state index contributed by atoms with van der Waals surface area (Å²) in [7, 11) is 1.98. The Bertz CT molecular complexity index is 1140. The molecular formula is C24H24ClN3O5. The minimum atomic E-state index is -1.40. The molecule has 0 radical (unpaired) electrons. The van der Waals surface area contributed by atoms with E-state index in [1.807, 2.05) is 7.05 Å². The largest absolute Gasteiger partial charge is 0.478 e. The topological polar surface area (TPSA) is 110 Å². The van der Waals surface area contributed by atoms with Gasteiger partial charge in [0.15, 0.2) is 0 Å². The number of carboxylic acid groups (broad SMARTS) is 2. The number of hydrazine groups is 1. The number of likely N-dealkylation sites (tertiary alicyclic amines) is 1. The summed E-state index contributed by atoms with van der Waals surface area (Å²) in [5, 5.41) is 21.2. The number of carbonyl (C=O) groups excluding carboxylic acids is 1. The SMILES string of the molecule is CN1CCC(C2(/C(=C\C(=O)O)C(=O)O)NN(C(=O)c3ccccc3Cl)c3ccccc32)CC1. The Morgan fingerprint density at radius 1 is 1.06 bits per heavy atom. The van der Waals surface area contributed by atoms with E-state index in [0.29, 0.717) is 37.2 Å². The summed E-state index contributed by atoms with van der Waals surface area (Å²) >= 11 is 6.28. The van der Waals surface area contributed by atoms with Crippen molar-refractivity contribution in [2.24, 2.45) is 5.92 Å². The molecule has 3 N–H and O–H groups in total. The van der Waals surface area contributed by atoms with Crippen LogP contribution in [0.25, 0.3) is 0 Å². The number of hydrogen-bond donors (Lipinski definition) is 3. The number of nitrogens with one attached hydrogen (secondary N) is 1. The quantitative estimate of drug-likeness (QED) is 0.577. The first-order valence-electron chi connectivity index (χ1n) is 10.6. The van der Waals surface area contributed by atoms with E-state index in [-0.39, 0.29) is 22.1 Å². The van der Waals surface area contributed by atoms with Crippen LogP contribution in [0.1, 0.15) is 28.8 Å². The average Bonchev–Trinajstić information content (AvgIpc) is 3.14. The van der Waals surface area contributed by atoms with E-state index in [1.54, 1.807) is 48.5 Å². The predicted molar refractivity (Wildman–Crippen MR) is 123 cm³/mol. The fourth-order valence-electron chi connectivity index (χ4n) is 4.86. The first-order chi connectivity index (χ1) is 15.8. The Hall–Kier alpha value is -3.20. The third kappa shape index (κ3) is 4.01. The Labute approximate surface area is 196 Å². The molecule has 2 aromatic carbocycles. The molecule has 8 nitrogen and oxygen atoms in total. The standard InChI is InChI=1S/C24H24ClN3O5/c1-27-12-10-15(11-13-27)24(18(23(32)33)14-21(29)30)17-7-3-5-9-20(17)28(26-24)22(31)16-6-2-4-8-19(16)25/h2-9,14-15,26H,10-13H2,1H3,(H,29,30)(H,32,33)/b18-14-. The molecular weight excluding hydrogens is 446 g/mol. The fourth-order valence-corrected chi connectivity index (χ4v) is 5.08. The van der Waals surface area contributed by atoms with Crippen molar-refractivity contribution >= 4 is 35.1 Å². The number of halogens is 1. The van der Waals surface area contributed by atoms with E-state index in [9.17, 15) is 24.6 Å². The molecule has 0 saturated carbocycles. The maximum atomic E-state index is 13.6. The normalized spacial score (nSPS) is 21.6. The maximum Gasteiger partial charge on any atom is 0.334 e. The van der Waals surface area contributed by atoms with Crippen molar-refractivity contribution in [2.75, 3.05) is 25.1 Å². The number of anilines is 1. The van der Waals surface area contributed by atoms with Crippen LogP contribution < -0.4 is 10.4 Å². The van der Waals surface area contributed by atoms with Crippen LogP contribution in [0.2, 0.25) is 5.02 Å². The molecule has 1 amide bonds. The Kier molecular flexibility index (Phi) is 6.25. The number of hydrogen-bond acceptors (Lipinski definition) is 5. The van der Waals surface area contributed by atoms with Gasteiger partial charge in [-0.05, 0) is 57.1 Å². The summed E-state index contributed by atoms with van der Waals surface area (Å²) in [5.41, 5.74) is 2.72. The lowest BCUT2D eigenvalue weighted by molar-refractivity contribution is -0.136. The van der Waals surface area contributed by atoms with Crippen LogP contribution in [0.3, 0.4) is 0 Å². The molecule has 2 aliphatic heterocycles. The summed E-state index contributed by atoms with van der Waals surface area (Å²) in [6, 6.07) is 13.6. The minimum absolute atomic E-state index is 0.250. The highest BCUT2D eigenvalue weighted by Crippen LogP contribution is 2.50. The molecule has 2 heterocycles. The Balaban J connectivity index is 1.92. The molecule has 0 aliphatic carbocycles. The number of piperidine rings is 1. The van der Waals surface area contributed by atoms with Gasteiger partial charge in [-0.15, -0.1) is 0 Å².